The Bertz CT molecular complexity index is 1230. The van der Waals surface area contributed by atoms with E-state index in [9.17, 15) is 9.90 Å². The molecule has 1 atom stereocenters. The van der Waals surface area contributed by atoms with E-state index in [0.29, 0.717) is 30.1 Å². The standard InChI is InChI=1S/C22H17NO4/c24-21(14-6-8-19-20(12-14)27-10-9-26-19)13-5-7-18-17(11-13)15-3-1-2-4-16(15)22(25)23-18/h1-8,11-12,21,24H,9-10H2,(H,23,25). The zero-order valence-electron chi connectivity index (χ0n) is 14.4. The maximum Gasteiger partial charge on any atom is 0.256 e. The highest BCUT2D eigenvalue weighted by molar-refractivity contribution is 6.05. The second kappa shape index (κ2) is 6.14. The lowest BCUT2D eigenvalue weighted by molar-refractivity contribution is 0.169. The summed E-state index contributed by atoms with van der Waals surface area (Å²) in [6.07, 6.45) is -0.809. The van der Waals surface area contributed by atoms with E-state index in [1.165, 1.54) is 0 Å². The molecule has 5 heteroatoms. The van der Waals surface area contributed by atoms with Crippen molar-refractivity contribution < 1.29 is 14.6 Å². The van der Waals surface area contributed by atoms with Crippen molar-refractivity contribution in [3.05, 3.63) is 82.1 Å². The normalized spacial score (nSPS) is 14.4. The van der Waals surface area contributed by atoms with Gasteiger partial charge in [-0.3, -0.25) is 4.79 Å². The Balaban J connectivity index is 1.63. The van der Waals surface area contributed by atoms with E-state index < -0.39 is 6.10 Å². The quantitative estimate of drug-likeness (QED) is 0.537. The predicted octanol–water partition coefficient (Wildman–Crippen LogP) is 3.53. The number of hydrogen-bond donors (Lipinski definition) is 2. The Labute approximate surface area is 154 Å². The van der Waals surface area contributed by atoms with E-state index >= 15 is 0 Å². The van der Waals surface area contributed by atoms with Gasteiger partial charge in [-0.05, 0) is 46.8 Å². The molecule has 0 spiro atoms. The molecule has 1 aliphatic rings. The molecule has 4 aromatic rings. The molecule has 0 amide bonds. The molecule has 134 valence electrons. The summed E-state index contributed by atoms with van der Waals surface area (Å²) in [6, 6.07) is 18.5. The predicted molar refractivity (Wildman–Crippen MR) is 104 cm³/mol. The van der Waals surface area contributed by atoms with Crippen LogP contribution < -0.4 is 15.0 Å². The molecule has 2 N–H and O–H groups in total. The Kier molecular flexibility index (Phi) is 3.62. The number of aromatic nitrogens is 1. The van der Waals surface area contributed by atoms with E-state index in [0.717, 1.165) is 27.4 Å². The molecule has 27 heavy (non-hydrogen) atoms. The minimum Gasteiger partial charge on any atom is -0.486 e. The Morgan fingerprint density at radius 3 is 2.37 bits per heavy atom. The molecule has 0 fully saturated rings. The van der Waals surface area contributed by atoms with Crippen molar-refractivity contribution in [2.45, 2.75) is 6.10 Å². The average Bonchev–Trinajstić information content (AvgIpc) is 2.73. The first-order valence-corrected chi connectivity index (χ1v) is 8.83. The van der Waals surface area contributed by atoms with E-state index in [1.807, 2.05) is 54.6 Å². The van der Waals surface area contributed by atoms with Crippen LogP contribution in [0.4, 0.5) is 0 Å². The number of pyridine rings is 1. The van der Waals surface area contributed by atoms with Crippen LogP contribution in [-0.4, -0.2) is 23.3 Å². The summed E-state index contributed by atoms with van der Waals surface area (Å²) in [4.78, 5) is 15.1. The summed E-state index contributed by atoms with van der Waals surface area (Å²) >= 11 is 0. The van der Waals surface area contributed by atoms with Crippen LogP contribution in [0.3, 0.4) is 0 Å². The van der Waals surface area contributed by atoms with Gasteiger partial charge in [0.25, 0.3) is 5.56 Å². The molecule has 3 aromatic carbocycles. The lowest BCUT2D eigenvalue weighted by Crippen LogP contribution is -2.15. The van der Waals surface area contributed by atoms with Gasteiger partial charge in [-0.25, -0.2) is 0 Å². The summed E-state index contributed by atoms with van der Waals surface area (Å²) in [7, 11) is 0. The van der Waals surface area contributed by atoms with Crippen LogP contribution in [-0.2, 0) is 0 Å². The lowest BCUT2D eigenvalue weighted by Gasteiger charge is -2.20. The average molecular weight is 359 g/mol. The number of nitrogens with one attached hydrogen (secondary N) is 1. The van der Waals surface area contributed by atoms with Gasteiger partial charge in [-0.1, -0.05) is 30.3 Å². The third-order valence-electron chi connectivity index (χ3n) is 4.95. The molecule has 5 nitrogen and oxygen atoms in total. The van der Waals surface area contributed by atoms with Crippen molar-refractivity contribution in [3.8, 4) is 11.5 Å². The number of aliphatic hydroxyl groups is 1. The van der Waals surface area contributed by atoms with Crippen LogP contribution in [0.2, 0.25) is 0 Å². The van der Waals surface area contributed by atoms with Crippen LogP contribution in [0.1, 0.15) is 17.2 Å². The van der Waals surface area contributed by atoms with Crippen LogP contribution >= 0.6 is 0 Å². The van der Waals surface area contributed by atoms with E-state index in [1.54, 1.807) is 6.07 Å². The zero-order valence-corrected chi connectivity index (χ0v) is 14.4. The van der Waals surface area contributed by atoms with Crippen LogP contribution in [0.5, 0.6) is 11.5 Å². The topological polar surface area (TPSA) is 71.6 Å². The highest BCUT2D eigenvalue weighted by Crippen LogP contribution is 2.35. The largest absolute Gasteiger partial charge is 0.486 e. The molecular formula is C22H17NO4. The molecule has 2 heterocycles. The van der Waals surface area contributed by atoms with Crippen molar-refractivity contribution in [2.24, 2.45) is 0 Å². The number of fused-ring (bicyclic) bond motifs is 4. The maximum atomic E-state index is 12.2. The van der Waals surface area contributed by atoms with Gasteiger partial charge < -0.3 is 19.6 Å². The van der Waals surface area contributed by atoms with Crippen LogP contribution in [0, 0.1) is 0 Å². The molecule has 0 saturated carbocycles. The Morgan fingerprint density at radius 1 is 0.815 bits per heavy atom. The van der Waals surface area contributed by atoms with Gasteiger partial charge in [-0.2, -0.15) is 0 Å². The number of aliphatic hydroxyl groups excluding tert-OH is 1. The van der Waals surface area contributed by atoms with Crippen molar-refractivity contribution in [3.63, 3.8) is 0 Å². The molecule has 0 aliphatic carbocycles. The minimum absolute atomic E-state index is 0.113. The maximum absolute atomic E-state index is 12.2. The number of aromatic amines is 1. The first kappa shape index (κ1) is 15.9. The first-order valence-electron chi connectivity index (χ1n) is 8.83. The number of hydrogen-bond acceptors (Lipinski definition) is 4. The second-order valence-corrected chi connectivity index (χ2v) is 6.61. The monoisotopic (exact) mass is 359 g/mol. The van der Waals surface area contributed by atoms with Crippen molar-refractivity contribution in [2.75, 3.05) is 13.2 Å². The number of benzene rings is 3. The minimum atomic E-state index is -0.809. The van der Waals surface area contributed by atoms with Crippen molar-refractivity contribution in [1.29, 1.82) is 0 Å². The van der Waals surface area contributed by atoms with Crippen molar-refractivity contribution >= 4 is 21.7 Å². The van der Waals surface area contributed by atoms with Gasteiger partial charge in [0.2, 0.25) is 0 Å². The summed E-state index contributed by atoms with van der Waals surface area (Å²) in [6.45, 7) is 1.03. The second-order valence-electron chi connectivity index (χ2n) is 6.61. The Morgan fingerprint density at radius 2 is 1.52 bits per heavy atom. The molecule has 1 unspecified atom stereocenters. The fraction of sp³-hybridized carbons (Fsp3) is 0.136. The third kappa shape index (κ3) is 2.64. The highest BCUT2D eigenvalue weighted by Gasteiger charge is 2.17. The van der Waals surface area contributed by atoms with Crippen LogP contribution in [0.25, 0.3) is 21.7 Å². The zero-order chi connectivity index (χ0) is 18.4. The number of H-pyrrole nitrogens is 1. The molecule has 1 aliphatic heterocycles. The fourth-order valence-corrected chi connectivity index (χ4v) is 3.59. The van der Waals surface area contributed by atoms with Gasteiger partial charge in [0, 0.05) is 16.3 Å². The van der Waals surface area contributed by atoms with Gasteiger partial charge in [0.15, 0.2) is 11.5 Å². The van der Waals surface area contributed by atoms with Crippen molar-refractivity contribution in [1.82, 2.24) is 4.98 Å². The third-order valence-corrected chi connectivity index (χ3v) is 4.95. The number of ether oxygens (including phenoxy) is 2. The summed E-state index contributed by atoms with van der Waals surface area (Å²) in [5.74, 6) is 1.34. The fourth-order valence-electron chi connectivity index (χ4n) is 3.59. The smallest absolute Gasteiger partial charge is 0.256 e. The molecule has 1 aromatic heterocycles. The van der Waals surface area contributed by atoms with Gasteiger partial charge in [-0.15, -0.1) is 0 Å². The van der Waals surface area contributed by atoms with Gasteiger partial charge in [0.05, 0.1) is 0 Å². The Hall–Kier alpha value is -3.31. The molecule has 5 rings (SSSR count). The van der Waals surface area contributed by atoms with Gasteiger partial charge >= 0.3 is 0 Å². The van der Waals surface area contributed by atoms with E-state index in [2.05, 4.69) is 4.98 Å². The molecule has 0 saturated heterocycles. The van der Waals surface area contributed by atoms with Crippen LogP contribution in [0.15, 0.2) is 65.5 Å². The highest BCUT2D eigenvalue weighted by atomic mass is 16.6. The SMILES string of the molecule is O=c1[nH]c2ccc(C(O)c3ccc4c(c3)OCCO4)cc2c2ccccc12. The first-order chi connectivity index (χ1) is 13.2. The number of rotatable bonds is 2. The van der Waals surface area contributed by atoms with E-state index in [4.69, 9.17) is 9.47 Å². The summed E-state index contributed by atoms with van der Waals surface area (Å²) < 4.78 is 11.2. The van der Waals surface area contributed by atoms with Gasteiger partial charge in [0.1, 0.15) is 19.3 Å². The lowest BCUT2D eigenvalue weighted by atomic mass is 9.97. The molecular weight excluding hydrogens is 342 g/mol. The molecule has 0 radical (unpaired) electrons. The summed E-state index contributed by atoms with van der Waals surface area (Å²) in [5, 5.41) is 13.3. The molecule has 0 bridgehead atoms. The van der Waals surface area contributed by atoms with E-state index in [-0.39, 0.29) is 5.56 Å². The summed E-state index contributed by atoms with van der Waals surface area (Å²) in [5.41, 5.74) is 2.11.